The fourth-order valence-electron chi connectivity index (χ4n) is 3.39. The van der Waals surface area contributed by atoms with Crippen molar-refractivity contribution < 1.29 is 4.74 Å². The van der Waals surface area contributed by atoms with E-state index < -0.39 is 0 Å². The van der Waals surface area contributed by atoms with Crippen molar-refractivity contribution >= 4 is 0 Å². The van der Waals surface area contributed by atoms with Gasteiger partial charge in [-0.15, -0.1) is 0 Å². The fourth-order valence-corrected chi connectivity index (χ4v) is 3.39. The molecule has 100 valence electrons. The third-order valence-corrected chi connectivity index (χ3v) is 4.91. The molecule has 2 unspecified atom stereocenters. The van der Waals surface area contributed by atoms with Gasteiger partial charge in [-0.1, -0.05) is 13.8 Å². The fraction of sp³-hybridized carbons (Fsp3) is 1.00. The van der Waals surface area contributed by atoms with Crippen LogP contribution in [0.4, 0.5) is 0 Å². The minimum Gasteiger partial charge on any atom is -0.381 e. The van der Waals surface area contributed by atoms with Gasteiger partial charge in [0, 0.05) is 31.8 Å². The van der Waals surface area contributed by atoms with Crippen LogP contribution >= 0.6 is 0 Å². The average molecular weight is 240 g/mol. The van der Waals surface area contributed by atoms with E-state index in [1.807, 2.05) is 0 Å². The summed E-state index contributed by atoms with van der Waals surface area (Å²) < 4.78 is 5.42. The van der Waals surface area contributed by atoms with Crippen molar-refractivity contribution in [2.45, 2.75) is 51.6 Å². The summed E-state index contributed by atoms with van der Waals surface area (Å²) in [5.41, 5.74) is 6.72. The van der Waals surface area contributed by atoms with Gasteiger partial charge in [-0.05, 0) is 44.1 Å². The van der Waals surface area contributed by atoms with Crippen LogP contribution in [0.25, 0.3) is 0 Å². The number of ether oxygens (including phenoxy) is 1. The number of rotatable bonds is 3. The van der Waals surface area contributed by atoms with E-state index in [-0.39, 0.29) is 0 Å². The van der Waals surface area contributed by atoms with Crippen molar-refractivity contribution in [3.05, 3.63) is 0 Å². The van der Waals surface area contributed by atoms with Gasteiger partial charge in [-0.2, -0.15) is 0 Å². The topological polar surface area (TPSA) is 38.5 Å². The van der Waals surface area contributed by atoms with E-state index in [4.69, 9.17) is 10.5 Å². The lowest BCUT2D eigenvalue weighted by molar-refractivity contribution is 0.0370. The largest absolute Gasteiger partial charge is 0.381 e. The normalized spacial score (nSPS) is 34.4. The van der Waals surface area contributed by atoms with Gasteiger partial charge >= 0.3 is 0 Å². The SMILES string of the molecule is CN(CC1CCC(C)(C)C1N)C1CCOCC1. The Bertz CT molecular complexity index is 249. The van der Waals surface area contributed by atoms with E-state index in [0.29, 0.717) is 23.4 Å². The predicted octanol–water partition coefficient (Wildman–Crippen LogP) is 1.86. The van der Waals surface area contributed by atoms with Crippen LogP contribution in [-0.4, -0.2) is 43.8 Å². The van der Waals surface area contributed by atoms with Crippen LogP contribution in [0.1, 0.15) is 39.5 Å². The van der Waals surface area contributed by atoms with E-state index in [1.165, 1.54) is 25.7 Å². The molecule has 0 aromatic heterocycles. The molecule has 0 aromatic carbocycles. The molecule has 0 aromatic rings. The molecular weight excluding hydrogens is 212 g/mol. The summed E-state index contributed by atoms with van der Waals surface area (Å²) in [5, 5.41) is 0. The predicted molar refractivity (Wildman–Crippen MR) is 71.0 cm³/mol. The molecule has 2 fully saturated rings. The molecule has 1 aliphatic heterocycles. The molecule has 2 N–H and O–H groups in total. The third kappa shape index (κ3) is 3.01. The van der Waals surface area contributed by atoms with Gasteiger partial charge < -0.3 is 15.4 Å². The van der Waals surface area contributed by atoms with Crippen LogP contribution in [0.3, 0.4) is 0 Å². The Labute approximate surface area is 106 Å². The van der Waals surface area contributed by atoms with E-state index in [1.54, 1.807) is 0 Å². The first-order valence-corrected chi connectivity index (χ1v) is 7.04. The first-order chi connectivity index (χ1) is 8.00. The molecule has 0 amide bonds. The summed E-state index contributed by atoms with van der Waals surface area (Å²) in [5.74, 6) is 0.679. The second-order valence-electron chi connectivity index (χ2n) is 6.60. The first kappa shape index (κ1) is 13.3. The average Bonchev–Trinajstić information content (AvgIpc) is 2.57. The van der Waals surface area contributed by atoms with Crippen molar-refractivity contribution in [2.24, 2.45) is 17.1 Å². The summed E-state index contributed by atoms with van der Waals surface area (Å²) in [7, 11) is 2.26. The van der Waals surface area contributed by atoms with Crippen molar-refractivity contribution in [1.82, 2.24) is 4.90 Å². The number of hydrogen-bond acceptors (Lipinski definition) is 3. The Hall–Kier alpha value is -0.120. The summed E-state index contributed by atoms with van der Waals surface area (Å²) in [6.07, 6.45) is 4.94. The molecule has 1 heterocycles. The molecule has 1 saturated carbocycles. The molecule has 2 rings (SSSR count). The van der Waals surface area contributed by atoms with Crippen molar-refractivity contribution in [3.8, 4) is 0 Å². The zero-order valence-corrected chi connectivity index (χ0v) is 11.6. The maximum absolute atomic E-state index is 6.38. The van der Waals surface area contributed by atoms with Gasteiger partial charge in [0.1, 0.15) is 0 Å². The van der Waals surface area contributed by atoms with Crippen LogP contribution in [0, 0.1) is 11.3 Å². The lowest BCUT2D eigenvalue weighted by atomic mass is 9.85. The number of nitrogens with two attached hydrogens (primary N) is 1. The van der Waals surface area contributed by atoms with Gasteiger partial charge in [0.2, 0.25) is 0 Å². The molecule has 0 radical (unpaired) electrons. The molecule has 17 heavy (non-hydrogen) atoms. The molecule has 3 nitrogen and oxygen atoms in total. The second-order valence-corrected chi connectivity index (χ2v) is 6.60. The highest BCUT2D eigenvalue weighted by Gasteiger charge is 2.40. The zero-order chi connectivity index (χ0) is 12.5. The molecule has 1 aliphatic carbocycles. The second kappa shape index (κ2) is 5.25. The standard InChI is InChI=1S/C14H28N2O/c1-14(2)7-4-11(13(14)15)10-16(3)12-5-8-17-9-6-12/h11-13H,4-10,15H2,1-3H3. The van der Waals surface area contributed by atoms with Gasteiger partial charge in [0.25, 0.3) is 0 Å². The van der Waals surface area contributed by atoms with Gasteiger partial charge in [-0.3, -0.25) is 0 Å². The molecule has 0 spiro atoms. The Morgan fingerprint density at radius 2 is 1.88 bits per heavy atom. The number of nitrogens with zero attached hydrogens (tertiary/aromatic N) is 1. The highest BCUT2D eigenvalue weighted by molar-refractivity contribution is 4.95. The van der Waals surface area contributed by atoms with Gasteiger partial charge in [0.15, 0.2) is 0 Å². The van der Waals surface area contributed by atoms with E-state index in [2.05, 4.69) is 25.8 Å². The lowest BCUT2D eigenvalue weighted by Crippen LogP contribution is -2.45. The Balaban J connectivity index is 1.84. The van der Waals surface area contributed by atoms with Crippen LogP contribution in [0.5, 0.6) is 0 Å². The van der Waals surface area contributed by atoms with E-state index in [9.17, 15) is 0 Å². The molecule has 3 heteroatoms. The van der Waals surface area contributed by atoms with Crippen molar-refractivity contribution in [3.63, 3.8) is 0 Å². The van der Waals surface area contributed by atoms with E-state index >= 15 is 0 Å². The molecule has 2 aliphatic rings. The van der Waals surface area contributed by atoms with E-state index in [0.717, 1.165) is 19.8 Å². The number of hydrogen-bond donors (Lipinski definition) is 1. The first-order valence-electron chi connectivity index (χ1n) is 7.04. The van der Waals surface area contributed by atoms with Crippen LogP contribution in [0.2, 0.25) is 0 Å². The summed E-state index contributed by atoms with van der Waals surface area (Å²) in [6, 6.07) is 1.07. The lowest BCUT2D eigenvalue weighted by Gasteiger charge is -2.35. The third-order valence-electron chi connectivity index (χ3n) is 4.91. The smallest absolute Gasteiger partial charge is 0.0480 e. The summed E-state index contributed by atoms with van der Waals surface area (Å²) >= 11 is 0. The van der Waals surface area contributed by atoms with Gasteiger partial charge in [-0.25, -0.2) is 0 Å². The molecule has 0 bridgehead atoms. The molecule has 2 atom stereocenters. The summed E-state index contributed by atoms with van der Waals surface area (Å²) in [6.45, 7) is 7.64. The monoisotopic (exact) mass is 240 g/mol. The summed E-state index contributed by atoms with van der Waals surface area (Å²) in [4.78, 5) is 2.52. The van der Waals surface area contributed by atoms with Crippen molar-refractivity contribution in [1.29, 1.82) is 0 Å². The minimum atomic E-state index is 0.335. The maximum Gasteiger partial charge on any atom is 0.0480 e. The zero-order valence-electron chi connectivity index (χ0n) is 11.6. The van der Waals surface area contributed by atoms with Crippen molar-refractivity contribution in [2.75, 3.05) is 26.8 Å². The molecule has 1 saturated heterocycles. The van der Waals surface area contributed by atoms with Crippen LogP contribution < -0.4 is 5.73 Å². The van der Waals surface area contributed by atoms with Crippen LogP contribution in [-0.2, 0) is 4.74 Å². The Morgan fingerprint density at radius 3 is 2.41 bits per heavy atom. The van der Waals surface area contributed by atoms with Crippen LogP contribution in [0.15, 0.2) is 0 Å². The quantitative estimate of drug-likeness (QED) is 0.818. The Morgan fingerprint density at radius 1 is 1.24 bits per heavy atom. The Kier molecular flexibility index (Phi) is 4.11. The van der Waals surface area contributed by atoms with Gasteiger partial charge in [0.05, 0.1) is 0 Å². The molecular formula is C14H28N2O. The highest BCUT2D eigenvalue weighted by Crippen LogP contribution is 2.40. The highest BCUT2D eigenvalue weighted by atomic mass is 16.5. The maximum atomic E-state index is 6.38. The minimum absolute atomic E-state index is 0.335.